The number of benzene rings is 2. The summed E-state index contributed by atoms with van der Waals surface area (Å²) >= 11 is 0. The van der Waals surface area contributed by atoms with Crippen molar-refractivity contribution in [1.29, 1.82) is 0 Å². The van der Waals surface area contributed by atoms with E-state index in [-0.39, 0.29) is 5.41 Å². The zero-order valence-corrected chi connectivity index (χ0v) is 15.3. The van der Waals surface area contributed by atoms with Gasteiger partial charge in [-0.2, -0.15) is 0 Å². The number of hydrogen-bond donors (Lipinski definition) is 0. The van der Waals surface area contributed by atoms with Gasteiger partial charge in [-0.1, -0.05) is 26.8 Å². The van der Waals surface area contributed by atoms with E-state index >= 15 is 0 Å². The molecule has 0 aliphatic carbocycles. The molecule has 0 amide bonds. The molecular formula is C21H26N2O. The molecule has 1 heterocycles. The van der Waals surface area contributed by atoms with Gasteiger partial charge in [0.2, 0.25) is 5.89 Å². The van der Waals surface area contributed by atoms with Gasteiger partial charge in [0.15, 0.2) is 5.58 Å². The first kappa shape index (κ1) is 16.6. The Morgan fingerprint density at radius 2 is 1.62 bits per heavy atom. The maximum absolute atomic E-state index is 5.95. The first-order valence-corrected chi connectivity index (χ1v) is 8.69. The van der Waals surface area contributed by atoms with Gasteiger partial charge in [-0.3, -0.25) is 0 Å². The van der Waals surface area contributed by atoms with Crippen LogP contribution in [0.15, 0.2) is 46.9 Å². The van der Waals surface area contributed by atoms with Crippen LogP contribution in [0.1, 0.15) is 40.2 Å². The Labute approximate surface area is 144 Å². The van der Waals surface area contributed by atoms with Crippen molar-refractivity contribution in [2.75, 3.05) is 18.0 Å². The van der Waals surface area contributed by atoms with E-state index in [1.54, 1.807) is 0 Å². The first-order valence-electron chi connectivity index (χ1n) is 8.69. The molecule has 0 bridgehead atoms. The van der Waals surface area contributed by atoms with Gasteiger partial charge in [0.1, 0.15) is 5.52 Å². The largest absolute Gasteiger partial charge is 0.436 e. The smallest absolute Gasteiger partial charge is 0.227 e. The van der Waals surface area contributed by atoms with Crippen molar-refractivity contribution in [3.05, 3.63) is 48.0 Å². The van der Waals surface area contributed by atoms with Crippen molar-refractivity contribution in [3.8, 4) is 11.5 Å². The summed E-state index contributed by atoms with van der Waals surface area (Å²) in [5.74, 6) is 0.683. The van der Waals surface area contributed by atoms with Crippen molar-refractivity contribution in [1.82, 2.24) is 4.98 Å². The molecule has 2 aromatic carbocycles. The molecule has 3 aromatic rings. The van der Waals surface area contributed by atoms with E-state index in [0.717, 1.165) is 29.8 Å². The Bertz CT molecular complexity index is 821. The summed E-state index contributed by atoms with van der Waals surface area (Å²) in [7, 11) is 0. The second-order valence-corrected chi connectivity index (χ2v) is 7.17. The van der Waals surface area contributed by atoms with E-state index in [9.17, 15) is 0 Å². The van der Waals surface area contributed by atoms with Gasteiger partial charge in [0, 0.05) is 24.3 Å². The fourth-order valence-corrected chi connectivity index (χ4v) is 2.92. The van der Waals surface area contributed by atoms with Crippen LogP contribution in [0.25, 0.3) is 22.6 Å². The fourth-order valence-electron chi connectivity index (χ4n) is 2.92. The molecule has 0 atom stereocenters. The topological polar surface area (TPSA) is 29.3 Å². The number of oxazole rings is 1. The number of aromatic nitrogens is 1. The highest BCUT2D eigenvalue weighted by atomic mass is 16.3. The Balaban J connectivity index is 1.95. The molecule has 126 valence electrons. The average molecular weight is 322 g/mol. The molecule has 0 N–H and O–H groups in total. The van der Waals surface area contributed by atoms with Crippen LogP contribution in [0, 0.1) is 0 Å². The number of fused-ring (bicyclic) bond motifs is 1. The van der Waals surface area contributed by atoms with E-state index < -0.39 is 0 Å². The molecule has 24 heavy (non-hydrogen) atoms. The van der Waals surface area contributed by atoms with Gasteiger partial charge < -0.3 is 9.32 Å². The van der Waals surface area contributed by atoms with Gasteiger partial charge in [-0.25, -0.2) is 4.98 Å². The second kappa shape index (κ2) is 6.31. The Morgan fingerprint density at radius 3 is 2.21 bits per heavy atom. The van der Waals surface area contributed by atoms with E-state index in [2.05, 4.69) is 75.9 Å². The standard InChI is InChI=1S/C21H26N2O/c1-6-23(7-2)17-11-8-15(9-12-17)20-22-18-14-16(21(3,4)5)10-13-19(18)24-20/h8-14H,6-7H2,1-5H3. The summed E-state index contributed by atoms with van der Waals surface area (Å²) in [6.45, 7) is 13.0. The Kier molecular flexibility index (Phi) is 4.35. The third kappa shape index (κ3) is 3.16. The molecule has 0 aliphatic rings. The first-order chi connectivity index (χ1) is 11.4. The summed E-state index contributed by atoms with van der Waals surface area (Å²) in [4.78, 5) is 7.02. The van der Waals surface area contributed by atoms with Crippen molar-refractivity contribution in [2.45, 2.75) is 40.0 Å². The number of nitrogens with zero attached hydrogens (tertiary/aromatic N) is 2. The predicted molar refractivity (Wildman–Crippen MR) is 102 cm³/mol. The minimum absolute atomic E-state index is 0.110. The van der Waals surface area contributed by atoms with Crippen LogP contribution in [0.4, 0.5) is 5.69 Å². The quantitative estimate of drug-likeness (QED) is 0.622. The van der Waals surface area contributed by atoms with Crippen LogP contribution in [0.2, 0.25) is 0 Å². The molecule has 3 heteroatoms. The van der Waals surface area contributed by atoms with Crippen LogP contribution in [0.5, 0.6) is 0 Å². The van der Waals surface area contributed by atoms with Gasteiger partial charge >= 0.3 is 0 Å². The lowest BCUT2D eigenvalue weighted by Gasteiger charge is -2.20. The number of rotatable bonds is 4. The highest BCUT2D eigenvalue weighted by molar-refractivity contribution is 5.77. The van der Waals surface area contributed by atoms with Gasteiger partial charge in [0.25, 0.3) is 0 Å². The number of anilines is 1. The van der Waals surface area contributed by atoms with Crippen molar-refractivity contribution >= 4 is 16.8 Å². The van der Waals surface area contributed by atoms with E-state index in [1.165, 1.54) is 11.3 Å². The van der Waals surface area contributed by atoms with Gasteiger partial charge in [0.05, 0.1) is 0 Å². The molecule has 0 radical (unpaired) electrons. The summed E-state index contributed by atoms with van der Waals surface area (Å²) in [6.07, 6.45) is 0. The van der Waals surface area contributed by atoms with Crippen molar-refractivity contribution in [3.63, 3.8) is 0 Å². The summed E-state index contributed by atoms with van der Waals surface area (Å²) in [6, 6.07) is 14.7. The summed E-state index contributed by atoms with van der Waals surface area (Å²) in [5, 5.41) is 0. The Hall–Kier alpha value is -2.29. The fraction of sp³-hybridized carbons (Fsp3) is 0.381. The molecular weight excluding hydrogens is 296 g/mol. The molecule has 3 rings (SSSR count). The number of hydrogen-bond acceptors (Lipinski definition) is 3. The van der Waals surface area contributed by atoms with Crippen LogP contribution in [-0.4, -0.2) is 18.1 Å². The van der Waals surface area contributed by atoms with E-state index in [0.29, 0.717) is 5.89 Å². The average Bonchev–Trinajstić information content (AvgIpc) is 2.99. The van der Waals surface area contributed by atoms with Crippen molar-refractivity contribution < 1.29 is 4.42 Å². The maximum Gasteiger partial charge on any atom is 0.227 e. The summed E-state index contributed by atoms with van der Waals surface area (Å²) < 4.78 is 5.95. The molecule has 0 unspecified atom stereocenters. The van der Waals surface area contributed by atoms with Gasteiger partial charge in [-0.05, 0) is 61.2 Å². The molecule has 0 fully saturated rings. The monoisotopic (exact) mass is 322 g/mol. The zero-order valence-electron chi connectivity index (χ0n) is 15.3. The minimum Gasteiger partial charge on any atom is -0.436 e. The zero-order chi connectivity index (χ0) is 17.3. The molecule has 0 spiro atoms. The van der Waals surface area contributed by atoms with E-state index in [4.69, 9.17) is 9.40 Å². The third-order valence-electron chi connectivity index (χ3n) is 4.50. The third-order valence-corrected chi connectivity index (χ3v) is 4.50. The highest BCUT2D eigenvalue weighted by Gasteiger charge is 2.16. The molecule has 0 saturated heterocycles. The minimum atomic E-state index is 0.110. The summed E-state index contributed by atoms with van der Waals surface area (Å²) in [5.41, 5.74) is 5.38. The normalized spacial score (nSPS) is 11.9. The van der Waals surface area contributed by atoms with Gasteiger partial charge in [-0.15, -0.1) is 0 Å². The predicted octanol–water partition coefficient (Wildman–Crippen LogP) is 5.64. The van der Waals surface area contributed by atoms with Crippen molar-refractivity contribution in [2.24, 2.45) is 0 Å². The van der Waals surface area contributed by atoms with Crippen LogP contribution in [0.3, 0.4) is 0 Å². The van der Waals surface area contributed by atoms with E-state index in [1.807, 2.05) is 6.07 Å². The second-order valence-electron chi connectivity index (χ2n) is 7.17. The van der Waals surface area contributed by atoms with Crippen LogP contribution >= 0.6 is 0 Å². The lowest BCUT2D eigenvalue weighted by Crippen LogP contribution is -2.21. The molecule has 0 saturated carbocycles. The maximum atomic E-state index is 5.95. The molecule has 1 aromatic heterocycles. The SMILES string of the molecule is CCN(CC)c1ccc(-c2nc3cc(C(C)(C)C)ccc3o2)cc1. The highest BCUT2D eigenvalue weighted by Crippen LogP contribution is 2.30. The lowest BCUT2D eigenvalue weighted by molar-refractivity contribution is 0.590. The van der Waals surface area contributed by atoms with Crippen LogP contribution < -0.4 is 4.90 Å². The lowest BCUT2D eigenvalue weighted by atomic mass is 9.87. The molecule has 3 nitrogen and oxygen atoms in total. The Morgan fingerprint density at radius 1 is 0.958 bits per heavy atom. The molecule has 0 aliphatic heterocycles. The van der Waals surface area contributed by atoms with Crippen LogP contribution in [-0.2, 0) is 5.41 Å².